The molecule has 118 valence electrons. The van der Waals surface area contributed by atoms with Crippen LogP contribution in [-0.2, 0) is 11.3 Å². The highest BCUT2D eigenvalue weighted by atomic mass is 19.1. The van der Waals surface area contributed by atoms with Gasteiger partial charge in [0.05, 0.1) is 23.8 Å². The molecule has 0 bridgehead atoms. The number of rotatable bonds is 2. The molecule has 1 amide bonds. The lowest BCUT2D eigenvalue weighted by molar-refractivity contribution is -0.122. The number of nitrogens with one attached hydrogen (secondary N) is 1. The molecule has 1 aliphatic carbocycles. The molecule has 0 unspecified atom stereocenters. The van der Waals surface area contributed by atoms with Gasteiger partial charge in [0, 0.05) is 6.04 Å². The van der Waals surface area contributed by atoms with Gasteiger partial charge in [-0.15, -0.1) is 0 Å². The Balaban J connectivity index is 1.73. The number of nitrogens with zero attached hydrogens (tertiary/aromatic N) is 1. The molecule has 1 saturated carbocycles. The lowest BCUT2D eigenvalue weighted by atomic mass is 10.0. The summed E-state index contributed by atoms with van der Waals surface area (Å²) in [4.78, 5) is 14.9. The third-order valence-corrected chi connectivity index (χ3v) is 4.89. The Morgan fingerprint density at radius 3 is 2.70 bits per heavy atom. The molecular formula is C19H19FN2O. The largest absolute Gasteiger partial charge is 0.380 e. The van der Waals surface area contributed by atoms with Gasteiger partial charge in [0.2, 0.25) is 5.91 Å². The van der Waals surface area contributed by atoms with Crippen molar-refractivity contribution < 1.29 is 9.18 Å². The molecule has 3 nitrogen and oxygen atoms in total. The summed E-state index contributed by atoms with van der Waals surface area (Å²) in [6, 6.07) is 14.5. The van der Waals surface area contributed by atoms with Crippen LogP contribution >= 0.6 is 0 Å². The van der Waals surface area contributed by atoms with Crippen LogP contribution in [0.1, 0.15) is 24.8 Å². The summed E-state index contributed by atoms with van der Waals surface area (Å²) in [6.07, 6.45) is 3.06. The van der Waals surface area contributed by atoms with Gasteiger partial charge in [0.1, 0.15) is 5.82 Å². The van der Waals surface area contributed by atoms with Crippen LogP contribution in [0.3, 0.4) is 0 Å². The van der Waals surface area contributed by atoms with Crippen molar-refractivity contribution in [2.24, 2.45) is 5.92 Å². The van der Waals surface area contributed by atoms with E-state index in [4.69, 9.17) is 0 Å². The van der Waals surface area contributed by atoms with E-state index in [9.17, 15) is 9.18 Å². The van der Waals surface area contributed by atoms with E-state index in [-0.39, 0.29) is 23.7 Å². The molecule has 0 spiro atoms. The first-order chi connectivity index (χ1) is 11.2. The zero-order valence-corrected chi connectivity index (χ0v) is 12.8. The van der Waals surface area contributed by atoms with Crippen molar-refractivity contribution in [3.63, 3.8) is 0 Å². The van der Waals surface area contributed by atoms with Crippen molar-refractivity contribution in [2.75, 3.05) is 10.2 Å². The summed E-state index contributed by atoms with van der Waals surface area (Å²) in [5.74, 6) is -0.0500. The zero-order chi connectivity index (χ0) is 15.8. The average Bonchev–Trinajstić information content (AvgIpc) is 2.99. The number of para-hydroxylation sites is 2. The first-order valence-corrected chi connectivity index (χ1v) is 8.14. The monoisotopic (exact) mass is 310 g/mol. The van der Waals surface area contributed by atoms with Crippen molar-refractivity contribution in [1.29, 1.82) is 0 Å². The quantitative estimate of drug-likeness (QED) is 0.911. The first kappa shape index (κ1) is 14.2. The highest BCUT2D eigenvalue weighted by Crippen LogP contribution is 2.39. The van der Waals surface area contributed by atoms with E-state index in [0.29, 0.717) is 6.54 Å². The van der Waals surface area contributed by atoms with E-state index in [1.54, 1.807) is 12.1 Å². The second-order valence-corrected chi connectivity index (χ2v) is 6.36. The second-order valence-electron chi connectivity index (χ2n) is 6.36. The summed E-state index contributed by atoms with van der Waals surface area (Å²) in [6.45, 7) is 0.473. The van der Waals surface area contributed by atoms with Gasteiger partial charge in [0.15, 0.2) is 0 Å². The number of benzene rings is 2. The normalized spacial score (nSPS) is 23.0. The smallest absolute Gasteiger partial charge is 0.232 e. The van der Waals surface area contributed by atoms with Crippen LogP contribution < -0.4 is 10.2 Å². The molecule has 2 aliphatic rings. The molecular weight excluding hydrogens is 291 g/mol. The second kappa shape index (κ2) is 5.69. The number of carbonyl (C=O) groups is 1. The lowest BCUT2D eigenvalue weighted by Crippen LogP contribution is -2.38. The van der Waals surface area contributed by atoms with Gasteiger partial charge >= 0.3 is 0 Å². The molecule has 1 aliphatic heterocycles. The Hall–Kier alpha value is -2.36. The van der Waals surface area contributed by atoms with Gasteiger partial charge in [-0.1, -0.05) is 30.7 Å². The molecule has 4 heteroatoms. The van der Waals surface area contributed by atoms with Gasteiger partial charge < -0.3 is 10.2 Å². The summed E-state index contributed by atoms with van der Waals surface area (Å²) in [7, 11) is 0. The van der Waals surface area contributed by atoms with E-state index in [0.717, 1.165) is 36.2 Å². The van der Waals surface area contributed by atoms with E-state index in [2.05, 4.69) is 5.32 Å². The number of fused-ring (bicyclic) bond motifs is 2. The van der Waals surface area contributed by atoms with Gasteiger partial charge in [0.25, 0.3) is 0 Å². The number of anilines is 2. The van der Waals surface area contributed by atoms with Crippen LogP contribution in [-0.4, -0.2) is 11.9 Å². The molecule has 1 heterocycles. The molecule has 0 radical (unpaired) electrons. The van der Waals surface area contributed by atoms with E-state index in [1.165, 1.54) is 12.1 Å². The Labute approximate surface area is 135 Å². The first-order valence-electron chi connectivity index (χ1n) is 8.14. The number of hydrogen-bond donors (Lipinski definition) is 1. The minimum atomic E-state index is -0.256. The Bertz CT molecular complexity index is 728. The predicted octanol–water partition coefficient (Wildman–Crippen LogP) is 3.95. The maximum atomic E-state index is 13.1. The Morgan fingerprint density at radius 1 is 1.09 bits per heavy atom. The van der Waals surface area contributed by atoms with Crippen molar-refractivity contribution >= 4 is 17.3 Å². The average molecular weight is 310 g/mol. The van der Waals surface area contributed by atoms with E-state index in [1.807, 2.05) is 29.2 Å². The van der Waals surface area contributed by atoms with Crippen LogP contribution in [0.15, 0.2) is 48.5 Å². The maximum absolute atomic E-state index is 13.1. The maximum Gasteiger partial charge on any atom is 0.232 e. The third-order valence-electron chi connectivity index (χ3n) is 4.89. The topological polar surface area (TPSA) is 32.3 Å². The van der Waals surface area contributed by atoms with Crippen molar-refractivity contribution in [2.45, 2.75) is 31.8 Å². The van der Waals surface area contributed by atoms with Crippen LogP contribution in [0.2, 0.25) is 0 Å². The number of carbonyl (C=O) groups excluding carboxylic acids is 1. The van der Waals surface area contributed by atoms with Crippen molar-refractivity contribution in [1.82, 2.24) is 0 Å². The third kappa shape index (κ3) is 2.58. The molecule has 1 N–H and O–H groups in total. The zero-order valence-electron chi connectivity index (χ0n) is 12.8. The van der Waals surface area contributed by atoms with Crippen molar-refractivity contribution in [3.05, 3.63) is 59.9 Å². The molecule has 1 fully saturated rings. The van der Waals surface area contributed by atoms with Gasteiger partial charge in [-0.3, -0.25) is 4.79 Å². The predicted molar refractivity (Wildman–Crippen MR) is 88.8 cm³/mol. The van der Waals surface area contributed by atoms with Crippen molar-refractivity contribution in [3.8, 4) is 0 Å². The van der Waals surface area contributed by atoms with Gasteiger partial charge in [-0.05, 0) is 42.7 Å². The molecule has 4 rings (SSSR count). The number of hydrogen-bond acceptors (Lipinski definition) is 2. The summed E-state index contributed by atoms with van der Waals surface area (Å²) < 4.78 is 13.1. The molecule has 2 atom stereocenters. The summed E-state index contributed by atoms with van der Waals surface area (Å²) >= 11 is 0. The fourth-order valence-electron chi connectivity index (χ4n) is 3.71. The van der Waals surface area contributed by atoms with Gasteiger partial charge in [-0.25, -0.2) is 4.39 Å². The fraction of sp³-hybridized carbons (Fsp3) is 0.316. The van der Waals surface area contributed by atoms with Crippen LogP contribution in [0.5, 0.6) is 0 Å². The SMILES string of the molecule is O=C1[C@H]2CCC[C@H]2Nc2ccccc2N1Cc1ccc(F)cc1. The van der Waals surface area contributed by atoms with E-state index < -0.39 is 0 Å². The highest BCUT2D eigenvalue weighted by Gasteiger charge is 2.39. The van der Waals surface area contributed by atoms with Crippen LogP contribution in [0, 0.1) is 11.7 Å². The molecule has 0 aromatic heterocycles. The van der Waals surface area contributed by atoms with E-state index >= 15 is 0 Å². The van der Waals surface area contributed by atoms with Gasteiger partial charge in [-0.2, -0.15) is 0 Å². The fourth-order valence-corrected chi connectivity index (χ4v) is 3.71. The standard InChI is InChI=1S/C19H19FN2O/c20-14-10-8-13(9-11-14)12-22-18-7-2-1-5-17(18)21-16-6-3-4-15(16)19(22)23/h1-2,5,7-11,15-16,21H,3-4,6,12H2/t15-,16+/m0/s1. The lowest BCUT2D eigenvalue weighted by Gasteiger charge is -2.25. The summed E-state index contributed by atoms with van der Waals surface area (Å²) in [5, 5.41) is 3.55. The highest BCUT2D eigenvalue weighted by molar-refractivity contribution is 6.00. The minimum Gasteiger partial charge on any atom is -0.380 e. The molecule has 23 heavy (non-hydrogen) atoms. The number of amides is 1. The Kier molecular flexibility index (Phi) is 3.52. The minimum absolute atomic E-state index is 0.0304. The van der Waals surface area contributed by atoms with Crippen LogP contribution in [0.4, 0.5) is 15.8 Å². The number of halogens is 1. The Morgan fingerprint density at radius 2 is 1.87 bits per heavy atom. The summed E-state index contributed by atoms with van der Waals surface area (Å²) in [5.41, 5.74) is 2.86. The molecule has 2 aromatic carbocycles. The molecule has 0 saturated heterocycles. The molecule has 2 aromatic rings. The van der Waals surface area contributed by atoms with Crippen LogP contribution in [0.25, 0.3) is 0 Å².